The molecule has 0 aliphatic heterocycles. The Morgan fingerprint density at radius 3 is 2.06 bits per heavy atom. The number of benzene rings is 1. The highest BCUT2D eigenvalue weighted by atomic mass is 19.4. The topological polar surface area (TPSA) is 0 Å². The fraction of sp³-hybridized carbons (Fsp3) is 0.200. The molecule has 0 bridgehead atoms. The normalized spacial score (nSPS) is 15.5. The minimum atomic E-state index is -5.12. The second kappa shape index (κ2) is 3.48. The third-order valence-electron chi connectivity index (χ3n) is 2.40. The number of alkyl halides is 3. The van der Waals surface area contributed by atoms with Gasteiger partial charge in [-0.05, 0) is 11.6 Å². The maximum Gasteiger partial charge on any atom is 0.419 e. The molecular formula is C10H3F7. The van der Waals surface area contributed by atoms with Gasteiger partial charge < -0.3 is 0 Å². The summed E-state index contributed by atoms with van der Waals surface area (Å²) < 4.78 is 88.9. The first-order valence-corrected chi connectivity index (χ1v) is 4.36. The van der Waals surface area contributed by atoms with Crippen molar-refractivity contribution in [3.63, 3.8) is 0 Å². The number of rotatable bonds is 0. The van der Waals surface area contributed by atoms with Gasteiger partial charge in [-0.2, -0.15) is 13.2 Å². The van der Waals surface area contributed by atoms with Gasteiger partial charge in [-0.25, -0.2) is 17.6 Å². The van der Waals surface area contributed by atoms with Crippen LogP contribution in [0.25, 0.3) is 5.83 Å². The van der Waals surface area contributed by atoms with Crippen LogP contribution in [0.3, 0.4) is 0 Å². The average Bonchev–Trinajstić information content (AvgIpc) is 2.47. The van der Waals surface area contributed by atoms with Crippen LogP contribution in [-0.2, 0) is 12.6 Å². The molecule has 2 rings (SSSR count). The van der Waals surface area contributed by atoms with E-state index < -0.39 is 52.6 Å². The zero-order valence-electron chi connectivity index (χ0n) is 7.93. The highest BCUT2D eigenvalue weighted by Crippen LogP contribution is 2.41. The molecule has 1 aromatic rings. The summed E-state index contributed by atoms with van der Waals surface area (Å²) >= 11 is 0. The van der Waals surface area contributed by atoms with Crippen molar-refractivity contribution in [3.8, 4) is 0 Å². The molecule has 1 aliphatic rings. The van der Waals surface area contributed by atoms with E-state index in [-0.39, 0.29) is 6.07 Å². The zero-order valence-corrected chi connectivity index (χ0v) is 7.93. The quantitative estimate of drug-likeness (QED) is 0.612. The number of halogens is 7. The van der Waals surface area contributed by atoms with Gasteiger partial charge in [-0.1, -0.05) is 0 Å². The van der Waals surface area contributed by atoms with Crippen LogP contribution >= 0.6 is 0 Å². The number of hydrogen-bond acceptors (Lipinski definition) is 0. The van der Waals surface area contributed by atoms with Crippen LogP contribution < -0.4 is 0 Å². The molecule has 0 nitrogen and oxygen atoms in total. The highest BCUT2D eigenvalue weighted by molar-refractivity contribution is 5.71. The molecule has 1 aromatic carbocycles. The molecule has 0 radical (unpaired) electrons. The van der Waals surface area contributed by atoms with Crippen molar-refractivity contribution < 1.29 is 30.7 Å². The summed E-state index contributed by atoms with van der Waals surface area (Å²) in [5, 5.41) is 0. The van der Waals surface area contributed by atoms with Gasteiger partial charge in [0.1, 0.15) is 5.83 Å². The van der Waals surface area contributed by atoms with Crippen molar-refractivity contribution in [2.45, 2.75) is 12.6 Å². The second-order valence-corrected chi connectivity index (χ2v) is 3.48. The van der Waals surface area contributed by atoms with E-state index in [0.29, 0.717) is 0 Å². The fourth-order valence-electron chi connectivity index (χ4n) is 1.64. The molecule has 1 aliphatic carbocycles. The lowest BCUT2D eigenvalue weighted by atomic mass is 10.0. The van der Waals surface area contributed by atoms with Crippen LogP contribution in [0.4, 0.5) is 30.7 Å². The van der Waals surface area contributed by atoms with Crippen molar-refractivity contribution in [3.05, 3.63) is 40.2 Å². The van der Waals surface area contributed by atoms with E-state index in [1.165, 1.54) is 0 Å². The molecule has 0 aromatic heterocycles. The Balaban J connectivity index is 2.71. The first-order valence-electron chi connectivity index (χ1n) is 4.36. The van der Waals surface area contributed by atoms with Gasteiger partial charge in [0.05, 0.1) is 11.1 Å². The predicted octanol–water partition coefficient (Wildman–Crippen LogP) is 4.15. The molecule has 92 valence electrons. The van der Waals surface area contributed by atoms with Gasteiger partial charge in [-0.3, -0.25) is 0 Å². The minimum absolute atomic E-state index is 0.222. The number of allylic oxidation sites excluding steroid dienone is 1. The van der Waals surface area contributed by atoms with Gasteiger partial charge in [0, 0.05) is 6.42 Å². The Kier molecular flexibility index (Phi) is 2.44. The van der Waals surface area contributed by atoms with Gasteiger partial charge in [0.25, 0.3) is 0 Å². The van der Waals surface area contributed by atoms with Crippen LogP contribution in [-0.4, -0.2) is 0 Å². The summed E-state index contributed by atoms with van der Waals surface area (Å²) in [6.07, 6.45) is -5.92. The molecule has 0 amide bonds. The Morgan fingerprint density at radius 2 is 1.53 bits per heavy atom. The van der Waals surface area contributed by atoms with E-state index in [9.17, 15) is 30.7 Å². The molecule has 7 heteroatoms. The van der Waals surface area contributed by atoms with Crippen LogP contribution in [0.5, 0.6) is 0 Å². The number of fused-ring (bicyclic) bond motifs is 1. The molecule has 0 saturated carbocycles. The highest BCUT2D eigenvalue weighted by Gasteiger charge is 2.39. The Bertz CT molecular complexity index is 524. The number of hydrogen-bond donors (Lipinski definition) is 0. The Morgan fingerprint density at radius 1 is 0.941 bits per heavy atom. The monoisotopic (exact) mass is 256 g/mol. The Labute approximate surface area is 90.4 Å². The van der Waals surface area contributed by atoms with Crippen LogP contribution in [0, 0.1) is 11.6 Å². The van der Waals surface area contributed by atoms with E-state index in [4.69, 9.17) is 0 Å². The molecule has 0 saturated heterocycles. The smallest absolute Gasteiger partial charge is 0.208 e. The van der Waals surface area contributed by atoms with E-state index in [2.05, 4.69) is 0 Å². The summed E-state index contributed by atoms with van der Waals surface area (Å²) in [5.74, 6) is -7.29. The first kappa shape index (κ1) is 11.9. The maximum absolute atomic E-state index is 13.2. The van der Waals surface area contributed by atoms with Gasteiger partial charge in [-0.15, -0.1) is 0 Å². The summed E-state index contributed by atoms with van der Waals surface area (Å²) in [6.45, 7) is 0. The van der Waals surface area contributed by atoms with E-state index in [1.807, 2.05) is 0 Å². The maximum atomic E-state index is 13.2. The summed E-state index contributed by atoms with van der Waals surface area (Å²) in [6, 6.07) is 0.222. The zero-order chi connectivity index (χ0) is 13.0. The van der Waals surface area contributed by atoms with Crippen molar-refractivity contribution in [1.29, 1.82) is 0 Å². The SMILES string of the molecule is FC1=C(F)c2c(cc(C(F)(F)F)c(F)c2F)C1. The standard InChI is InChI=1S/C10H3F7/c11-5-2-3-1-4(10(15,16)17)7(12)9(14)6(3)8(5)13/h1H,2H2. The molecule has 0 fully saturated rings. The third-order valence-corrected chi connectivity index (χ3v) is 2.40. The molecular weight excluding hydrogens is 253 g/mol. The van der Waals surface area contributed by atoms with E-state index in [0.717, 1.165) is 0 Å². The lowest BCUT2D eigenvalue weighted by molar-refractivity contribution is -0.140. The van der Waals surface area contributed by atoms with Gasteiger partial charge >= 0.3 is 6.18 Å². The van der Waals surface area contributed by atoms with Crippen molar-refractivity contribution in [1.82, 2.24) is 0 Å². The third kappa shape index (κ3) is 1.69. The van der Waals surface area contributed by atoms with Gasteiger partial charge in [0.15, 0.2) is 17.5 Å². The van der Waals surface area contributed by atoms with Crippen molar-refractivity contribution in [2.24, 2.45) is 0 Å². The summed E-state index contributed by atoms with van der Waals surface area (Å²) in [4.78, 5) is 0. The van der Waals surface area contributed by atoms with Gasteiger partial charge in [0.2, 0.25) is 0 Å². The molecule has 0 N–H and O–H groups in total. The van der Waals surface area contributed by atoms with Crippen LogP contribution in [0.1, 0.15) is 16.7 Å². The first-order chi connectivity index (χ1) is 7.73. The summed E-state index contributed by atoms with van der Waals surface area (Å²) in [5.41, 5.74) is -3.48. The second-order valence-electron chi connectivity index (χ2n) is 3.48. The van der Waals surface area contributed by atoms with Crippen molar-refractivity contribution in [2.75, 3.05) is 0 Å². The Hall–Kier alpha value is -1.53. The lowest BCUT2D eigenvalue weighted by Gasteiger charge is -2.11. The molecule has 0 spiro atoms. The fourth-order valence-corrected chi connectivity index (χ4v) is 1.64. The van der Waals surface area contributed by atoms with E-state index >= 15 is 0 Å². The average molecular weight is 256 g/mol. The molecule has 0 unspecified atom stereocenters. The van der Waals surface area contributed by atoms with Crippen molar-refractivity contribution >= 4 is 5.83 Å². The summed E-state index contributed by atoms with van der Waals surface area (Å²) in [7, 11) is 0. The van der Waals surface area contributed by atoms with Crippen LogP contribution in [0.2, 0.25) is 0 Å². The molecule has 0 atom stereocenters. The minimum Gasteiger partial charge on any atom is -0.208 e. The van der Waals surface area contributed by atoms with E-state index in [1.54, 1.807) is 0 Å². The molecule has 17 heavy (non-hydrogen) atoms. The van der Waals surface area contributed by atoms with Crippen LogP contribution in [0.15, 0.2) is 11.9 Å². The largest absolute Gasteiger partial charge is 0.419 e. The lowest BCUT2D eigenvalue weighted by Crippen LogP contribution is -2.11. The predicted molar refractivity (Wildman–Crippen MR) is 44.2 cm³/mol. The molecule has 0 heterocycles.